The van der Waals surface area contributed by atoms with Crippen LogP contribution in [0.2, 0.25) is 0 Å². The van der Waals surface area contributed by atoms with Gasteiger partial charge in [0, 0.05) is 12.3 Å². The van der Waals surface area contributed by atoms with E-state index in [4.69, 9.17) is 5.11 Å². The molecule has 8 heteroatoms. The van der Waals surface area contributed by atoms with E-state index >= 15 is 0 Å². The molecule has 1 fully saturated rings. The van der Waals surface area contributed by atoms with E-state index in [2.05, 4.69) is 14.8 Å². The fraction of sp³-hybridized carbons (Fsp3) is 0.500. The first-order chi connectivity index (χ1) is 12.5. The SMILES string of the molecule is COC(=O)c1cc(NC(=O)CN2CCC(CO)CC2)cc(C(=O)OC)c1. The Morgan fingerprint density at radius 3 is 2.08 bits per heavy atom. The summed E-state index contributed by atoms with van der Waals surface area (Å²) in [5.74, 6) is -1.17. The van der Waals surface area contributed by atoms with E-state index in [0.29, 0.717) is 11.6 Å². The Labute approximate surface area is 152 Å². The molecule has 1 aliphatic heterocycles. The number of aliphatic hydroxyl groups is 1. The molecular weight excluding hydrogens is 340 g/mol. The fourth-order valence-electron chi connectivity index (χ4n) is 2.90. The van der Waals surface area contributed by atoms with E-state index < -0.39 is 11.9 Å². The molecule has 1 heterocycles. The van der Waals surface area contributed by atoms with Crippen molar-refractivity contribution in [3.63, 3.8) is 0 Å². The Kier molecular flexibility index (Phi) is 7.11. The molecule has 8 nitrogen and oxygen atoms in total. The highest BCUT2D eigenvalue weighted by atomic mass is 16.5. The smallest absolute Gasteiger partial charge is 0.337 e. The number of amides is 1. The number of hydrogen-bond donors (Lipinski definition) is 2. The summed E-state index contributed by atoms with van der Waals surface area (Å²) in [5.41, 5.74) is 0.618. The maximum absolute atomic E-state index is 12.3. The predicted molar refractivity (Wildman–Crippen MR) is 94.0 cm³/mol. The van der Waals surface area contributed by atoms with E-state index in [0.717, 1.165) is 25.9 Å². The lowest BCUT2D eigenvalue weighted by molar-refractivity contribution is -0.117. The van der Waals surface area contributed by atoms with Gasteiger partial charge in [-0.2, -0.15) is 0 Å². The number of methoxy groups -OCH3 is 2. The number of anilines is 1. The lowest BCUT2D eigenvalue weighted by atomic mass is 9.98. The van der Waals surface area contributed by atoms with Crippen LogP contribution in [0.4, 0.5) is 5.69 Å². The second kappa shape index (κ2) is 9.30. The quantitative estimate of drug-likeness (QED) is 0.723. The van der Waals surface area contributed by atoms with Gasteiger partial charge in [-0.1, -0.05) is 0 Å². The third-order valence-corrected chi connectivity index (χ3v) is 4.39. The second-order valence-electron chi connectivity index (χ2n) is 6.23. The van der Waals surface area contributed by atoms with Crippen LogP contribution < -0.4 is 5.32 Å². The van der Waals surface area contributed by atoms with Gasteiger partial charge in [-0.15, -0.1) is 0 Å². The number of esters is 2. The first-order valence-electron chi connectivity index (χ1n) is 8.41. The lowest BCUT2D eigenvalue weighted by Crippen LogP contribution is -2.39. The molecule has 1 amide bonds. The third-order valence-electron chi connectivity index (χ3n) is 4.39. The Morgan fingerprint density at radius 2 is 1.62 bits per heavy atom. The molecule has 0 aromatic heterocycles. The summed E-state index contributed by atoms with van der Waals surface area (Å²) >= 11 is 0. The van der Waals surface area contributed by atoms with Crippen LogP contribution in [0.25, 0.3) is 0 Å². The van der Waals surface area contributed by atoms with Crippen molar-refractivity contribution < 1.29 is 29.0 Å². The van der Waals surface area contributed by atoms with E-state index in [-0.39, 0.29) is 30.2 Å². The number of carbonyl (C=O) groups excluding carboxylic acids is 3. The predicted octanol–water partition coefficient (Wildman–Crippen LogP) is 0.903. The topological polar surface area (TPSA) is 105 Å². The van der Waals surface area contributed by atoms with Gasteiger partial charge in [-0.3, -0.25) is 9.69 Å². The number of nitrogens with one attached hydrogen (secondary N) is 1. The van der Waals surface area contributed by atoms with Gasteiger partial charge in [0.1, 0.15) is 0 Å². The molecule has 0 saturated carbocycles. The van der Waals surface area contributed by atoms with Crippen LogP contribution in [0, 0.1) is 5.92 Å². The van der Waals surface area contributed by atoms with E-state index in [9.17, 15) is 14.4 Å². The van der Waals surface area contributed by atoms with Gasteiger partial charge in [-0.05, 0) is 50.0 Å². The van der Waals surface area contributed by atoms with Crippen molar-refractivity contribution in [1.82, 2.24) is 4.90 Å². The highest BCUT2D eigenvalue weighted by Crippen LogP contribution is 2.18. The number of aliphatic hydroxyl groups excluding tert-OH is 1. The minimum absolute atomic E-state index is 0.148. The monoisotopic (exact) mass is 364 g/mol. The summed E-state index contributed by atoms with van der Waals surface area (Å²) in [6, 6.07) is 4.26. The summed E-state index contributed by atoms with van der Waals surface area (Å²) in [7, 11) is 2.48. The maximum atomic E-state index is 12.3. The highest BCUT2D eigenvalue weighted by molar-refractivity contribution is 5.99. The van der Waals surface area contributed by atoms with Crippen LogP contribution in [-0.4, -0.2) is 68.3 Å². The standard InChI is InChI=1S/C18H24N2O6/c1-25-17(23)13-7-14(18(24)26-2)9-15(8-13)19-16(22)10-20-5-3-12(11-21)4-6-20/h7-9,12,21H,3-6,10-11H2,1-2H3,(H,19,22). The summed E-state index contributed by atoms with van der Waals surface area (Å²) in [4.78, 5) is 37.9. The number of carbonyl (C=O) groups is 3. The second-order valence-corrected chi connectivity index (χ2v) is 6.23. The number of ether oxygens (including phenoxy) is 2. The normalized spacial score (nSPS) is 15.3. The molecule has 142 valence electrons. The van der Waals surface area contributed by atoms with E-state index in [1.165, 1.54) is 32.4 Å². The van der Waals surface area contributed by atoms with Crippen molar-refractivity contribution in [2.45, 2.75) is 12.8 Å². The molecular formula is C18H24N2O6. The van der Waals surface area contributed by atoms with Gasteiger partial charge in [0.2, 0.25) is 5.91 Å². The van der Waals surface area contributed by atoms with Gasteiger partial charge in [0.25, 0.3) is 0 Å². The van der Waals surface area contributed by atoms with Crippen LogP contribution in [0.5, 0.6) is 0 Å². The van der Waals surface area contributed by atoms with Crippen LogP contribution >= 0.6 is 0 Å². The van der Waals surface area contributed by atoms with Crippen molar-refractivity contribution in [3.05, 3.63) is 29.3 Å². The average molecular weight is 364 g/mol. The molecule has 0 aliphatic carbocycles. The van der Waals surface area contributed by atoms with Crippen molar-refractivity contribution in [1.29, 1.82) is 0 Å². The summed E-state index contributed by atoms with van der Waals surface area (Å²) in [6.45, 7) is 1.87. The molecule has 0 atom stereocenters. The van der Waals surface area contributed by atoms with Gasteiger partial charge in [0.15, 0.2) is 0 Å². The minimum Gasteiger partial charge on any atom is -0.465 e. The molecule has 1 aliphatic rings. The Hall–Kier alpha value is -2.45. The van der Waals surface area contributed by atoms with E-state index in [1.807, 2.05) is 4.90 Å². The van der Waals surface area contributed by atoms with Gasteiger partial charge in [0.05, 0.1) is 31.9 Å². The Morgan fingerprint density at radius 1 is 1.08 bits per heavy atom. The molecule has 0 radical (unpaired) electrons. The van der Waals surface area contributed by atoms with Crippen molar-refractivity contribution >= 4 is 23.5 Å². The summed E-state index contributed by atoms with van der Waals surface area (Å²) < 4.78 is 9.35. The third kappa shape index (κ3) is 5.27. The molecule has 1 aromatic carbocycles. The van der Waals surface area contributed by atoms with Crippen LogP contribution in [0.3, 0.4) is 0 Å². The number of hydrogen-bond acceptors (Lipinski definition) is 7. The van der Waals surface area contributed by atoms with E-state index in [1.54, 1.807) is 0 Å². The molecule has 1 saturated heterocycles. The maximum Gasteiger partial charge on any atom is 0.337 e. The zero-order valence-electron chi connectivity index (χ0n) is 15.0. The summed E-state index contributed by atoms with van der Waals surface area (Å²) in [6.07, 6.45) is 1.71. The van der Waals surface area contributed by atoms with Crippen LogP contribution in [0.1, 0.15) is 33.6 Å². The summed E-state index contributed by atoms with van der Waals surface area (Å²) in [5, 5.41) is 11.9. The first-order valence-corrected chi connectivity index (χ1v) is 8.41. The van der Waals surface area contributed by atoms with Crippen LogP contribution in [-0.2, 0) is 14.3 Å². The van der Waals surface area contributed by atoms with Gasteiger partial charge < -0.3 is 19.9 Å². The molecule has 1 aromatic rings. The number of rotatable bonds is 6. The highest BCUT2D eigenvalue weighted by Gasteiger charge is 2.21. The molecule has 0 unspecified atom stereocenters. The van der Waals surface area contributed by atoms with Gasteiger partial charge in [-0.25, -0.2) is 9.59 Å². The largest absolute Gasteiger partial charge is 0.465 e. The van der Waals surface area contributed by atoms with Gasteiger partial charge >= 0.3 is 11.9 Å². The minimum atomic E-state index is -0.614. The molecule has 26 heavy (non-hydrogen) atoms. The van der Waals surface area contributed by atoms with Crippen molar-refractivity contribution in [2.75, 3.05) is 45.8 Å². The number of nitrogens with zero attached hydrogens (tertiary/aromatic N) is 1. The molecule has 0 bridgehead atoms. The Bertz CT molecular complexity index is 633. The number of benzene rings is 1. The number of piperidine rings is 1. The zero-order chi connectivity index (χ0) is 19.1. The van der Waals surface area contributed by atoms with Crippen molar-refractivity contribution in [2.24, 2.45) is 5.92 Å². The first kappa shape index (κ1) is 19.9. The molecule has 2 rings (SSSR count). The molecule has 2 N–H and O–H groups in total. The average Bonchev–Trinajstić information content (AvgIpc) is 2.66. The van der Waals surface area contributed by atoms with Crippen LogP contribution in [0.15, 0.2) is 18.2 Å². The van der Waals surface area contributed by atoms with Crippen molar-refractivity contribution in [3.8, 4) is 0 Å². The zero-order valence-corrected chi connectivity index (χ0v) is 15.0. The lowest BCUT2D eigenvalue weighted by Gasteiger charge is -2.30. The fourth-order valence-corrected chi connectivity index (χ4v) is 2.90. The Balaban J connectivity index is 2.06. The molecule has 0 spiro atoms. The number of likely N-dealkylation sites (tertiary alicyclic amines) is 1.